The summed E-state index contributed by atoms with van der Waals surface area (Å²) >= 11 is 8.87. The number of amides is 2. The van der Waals surface area contributed by atoms with Crippen LogP contribution in [-0.4, -0.2) is 37.1 Å². The van der Waals surface area contributed by atoms with E-state index < -0.39 is 5.82 Å². The Bertz CT molecular complexity index is 469. The zero-order chi connectivity index (χ0) is 13.1. The highest BCUT2D eigenvalue weighted by molar-refractivity contribution is 9.10. The largest absolute Gasteiger partial charge is 0.322 e. The Balaban J connectivity index is 0.00000180. The third-order valence-corrected chi connectivity index (χ3v) is 3.94. The molecule has 1 aromatic carbocycles. The molecule has 8 heteroatoms. The van der Waals surface area contributed by atoms with E-state index in [1.165, 1.54) is 6.07 Å². The van der Waals surface area contributed by atoms with Crippen molar-refractivity contribution in [3.8, 4) is 0 Å². The molecule has 19 heavy (non-hydrogen) atoms. The van der Waals surface area contributed by atoms with Crippen molar-refractivity contribution in [1.82, 2.24) is 10.2 Å². The van der Waals surface area contributed by atoms with Gasteiger partial charge in [0.25, 0.3) is 0 Å². The molecule has 2 rings (SSSR count). The lowest BCUT2D eigenvalue weighted by Gasteiger charge is -2.27. The van der Waals surface area contributed by atoms with Gasteiger partial charge in [0, 0.05) is 30.7 Å². The number of anilines is 1. The highest BCUT2D eigenvalue weighted by atomic mass is 79.9. The maximum atomic E-state index is 13.8. The van der Waals surface area contributed by atoms with Crippen molar-refractivity contribution in [3.05, 3.63) is 27.4 Å². The van der Waals surface area contributed by atoms with Crippen LogP contribution < -0.4 is 10.6 Å². The molecule has 1 heterocycles. The van der Waals surface area contributed by atoms with Crippen molar-refractivity contribution in [1.29, 1.82) is 0 Å². The van der Waals surface area contributed by atoms with Crippen LogP contribution in [0.25, 0.3) is 0 Å². The highest BCUT2D eigenvalue weighted by Crippen LogP contribution is 2.30. The number of piperazine rings is 1. The summed E-state index contributed by atoms with van der Waals surface area (Å²) < 4.78 is 14.2. The number of nitrogens with zero attached hydrogens (tertiary/aromatic N) is 1. The second kappa shape index (κ2) is 7.28. The summed E-state index contributed by atoms with van der Waals surface area (Å²) in [5, 5.41) is 5.63. The Morgan fingerprint density at radius 3 is 2.68 bits per heavy atom. The molecule has 0 aliphatic carbocycles. The third-order valence-electron chi connectivity index (χ3n) is 2.68. The van der Waals surface area contributed by atoms with Crippen LogP contribution in [0, 0.1) is 5.82 Å². The standard InChI is InChI=1S/C11H12BrClFN3O.ClH/c12-7-1-2-8(10(14)9(7)13)16-11(18)17-5-3-15-4-6-17;/h1-2,15H,3-6H2,(H,16,18);1H. The highest BCUT2D eigenvalue weighted by Gasteiger charge is 2.18. The molecule has 0 spiro atoms. The number of rotatable bonds is 1. The van der Waals surface area contributed by atoms with Crippen molar-refractivity contribution in [2.75, 3.05) is 31.5 Å². The SMILES string of the molecule is Cl.O=C(Nc1ccc(Br)c(Cl)c1F)N1CCNCC1. The number of hydrogen-bond donors (Lipinski definition) is 2. The van der Waals surface area contributed by atoms with Gasteiger partial charge in [-0.3, -0.25) is 0 Å². The second-order valence-electron chi connectivity index (χ2n) is 3.89. The minimum Gasteiger partial charge on any atom is -0.322 e. The molecule has 2 N–H and O–H groups in total. The van der Waals surface area contributed by atoms with E-state index in [1.54, 1.807) is 11.0 Å². The molecule has 1 aliphatic rings. The summed E-state index contributed by atoms with van der Waals surface area (Å²) in [6, 6.07) is 2.76. The average molecular weight is 373 g/mol. The van der Waals surface area contributed by atoms with E-state index in [-0.39, 0.29) is 29.1 Å². The molecule has 1 aliphatic heterocycles. The van der Waals surface area contributed by atoms with Gasteiger partial charge < -0.3 is 15.5 Å². The van der Waals surface area contributed by atoms with E-state index in [0.29, 0.717) is 17.6 Å². The number of urea groups is 1. The summed E-state index contributed by atoms with van der Waals surface area (Å²) in [5.41, 5.74) is 0.0896. The van der Waals surface area contributed by atoms with Crippen LogP contribution in [-0.2, 0) is 0 Å². The van der Waals surface area contributed by atoms with Gasteiger partial charge in [-0.1, -0.05) is 11.6 Å². The lowest BCUT2D eigenvalue weighted by Crippen LogP contribution is -2.48. The molecule has 0 radical (unpaired) electrons. The minimum atomic E-state index is -0.630. The van der Waals surface area contributed by atoms with Gasteiger partial charge in [-0.2, -0.15) is 0 Å². The van der Waals surface area contributed by atoms with E-state index in [9.17, 15) is 9.18 Å². The number of carbonyl (C=O) groups excluding carboxylic acids is 1. The first-order valence-electron chi connectivity index (χ1n) is 5.49. The van der Waals surface area contributed by atoms with Crippen molar-refractivity contribution >= 4 is 51.7 Å². The third kappa shape index (κ3) is 3.95. The monoisotopic (exact) mass is 371 g/mol. The molecule has 1 fully saturated rings. The molecule has 1 aromatic rings. The number of nitrogens with one attached hydrogen (secondary N) is 2. The normalized spacial score (nSPS) is 14.8. The van der Waals surface area contributed by atoms with Crippen LogP contribution in [0.5, 0.6) is 0 Å². The van der Waals surface area contributed by atoms with Crippen LogP contribution in [0.4, 0.5) is 14.9 Å². The quantitative estimate of drug-likeness (QED) is 0.744. The van der Waals surface area contributed by atoms with Crippen molar-refractivity contribution in [3.63, 3.8) is 0 Å². The molecule has 106 valence electrons. The van der Waals surface area contributed by atoms with Gasteiger partial charge in [0.05, 0.1) is 10.7 Å². The summed E-state index contributed by atoms with van der Waals surface area (Å²) in [7, 11) is 0. The van der Waals surface area contributed by atoms with Gasteiger partial charge in [-0.05, 0) is 28.1 Å². The molecule has 2 amide bonds. The first-order valence-corrected chi connectivity index (χ1v) is 6.67. The maximum absolute atomic E-state index is 13.8. The van der Waals surface area contributed by atoms with E-state index in [2.05, 4.69) is 26.6 Å². The molecular formula is C11H13BrCl2FN3O. The van der Waals surface area contributed by atoms with Crippen LogP contribution in [0.1, 0.15) is 0 Å². The van der Waals surface area contributed by atoms with Crippen molar-refractivity contribution < 1.29 is 9.18 Å². The van der Waals surface area contributed by atoms with Crippen LogP contribution in [0.2, 0.25) is 5.02 Å². The van der Waals surface area contributed by atoms with Gasteiger partial charge in [0.2, 0.25) is 0 Å². The molecule has 0 saturated carbocycles. The first kappa shape index (κ1) is 16.5. The van der Waals surface area contributed by atoms with E-state index in [1.807, 2.05) is 0 Å². The summed E-state index contributed by atoms with van der Waals surface area (Å²) in [6.45, 7) is 2.71. The Labute approximate surface area is 130 Å². The average Bonchev–Trinajstić information content (AvgIpc) is 2.40. The van der Waals surface area contributed by atoms with Gasteiger partial charge in [-0.25, -0.2) is 9.18 Å². The van der Waals surface area contributed by atoms with Gasteiger partial charge in [-0.15, -0.1) is 12.4 Å². The summed E-state index contributed by atoms with van der Waals surface area (Å²) in [5.74, 6) is -0.630. The summed E-state index contributed by atoms with van der Waals surface area (Å²) in [4.78, 5) is 13.5. The molecule has 0 unspecified atom stereocenters. The van der Waals surface area contributed by atoms with E-state index >= 15 is 0 Å². The van der Waals surface area contributed by atoms with Crippen LogP contribution in [0.15, 0.2) is 16.6 Å². The fourth-order valence-corrected chi connectivity index (χ4v) is 2.16. The fourth-order valence-electron chi connectivity index (χ4n) is 1.68. The maximum Gasteiger partial charge on any atom is 0.322 e. The number of halogens is 4. The number of hydrogen-bond acceptors (Lipinski definition) is 2. The van der Waals surface area contributed by atoms with Crippen molar-refractivity contribution in [2.45, 2.75) is 0 Å². The van der Waals surface area contributed by atoms with Crippen LogP contribution in [0.3, 0.4) is 0 Å². The van der Waals surface area contributed by atoms with Gasteiger partial charge in [0.1, 0.15) is 0 Å². The molecule has 0 aromatic heterocycles. The summed E-state index contributed by atoms with van der Waals surface area (Å²) in [6.07, 6.45) is 0. The first-order chi connectivity index (χ1) is 8.59. The van der Waals surface area contributed by atoms with E-state index in [4.69, 9.17) is 11.6 Å². The molecule has 4 nitrogen and oxygen atoms in total. The zero-order valence-corrected chi connectivity index (χ0v) is 13.0. The predicted octanol–water partition coefficient (Wildman–Crippen LogP) is 3.10. The molecule has 0 bridgehead atoms. The Morgan fingerprint density at radius 2 is 2.05 bits per heavy atom. The van der Waals surface area contributed by atoms with Crippen LogP contribution >= 0.6 is 39.9 Å². The Hall–Kier alpha value is -0.560. The van der Waals surface area contributed by atoms with Gasteiger partial charge in [0.15, 0.2) is 5.82 Å². The van der Waals surface area contributed by atoms with Gasteiger partial charge >= 0.3 is 6.03 Å². The second-order valence-corrected chi connectivity index (χ2v) is 5.12. The topological polar surface area (TPSA) is 44.4 Å². The smallest absolute Gasteiger partial charge is 0.322 e. The zero-order valence-electron chi connectivity index (χ0n) is 9.88. The molecular weight excluding hydrogens is 360 g/mol. The van der Waals surface area contributed by atoms with Crippen molar-refractivity contribution in [2.24, 2.45) is 0 Å². The molecule has 0 atom stereocenters. The number of carbonyl (C=O) groups is 1. The fraction of sp³-hybridized carbons (Fsp3) is 0.364. The Morgan fingerprint density at radius 1 is 1.42 bits per heavy atom. The lowest BCUT2D eigenvalue weighted by atomic mass is 10.3. The number of benzene rings is 1. The van der Waals surface area contributed by atoms with E-state index in [0.717, 1.165) is 13.1 Å². The Kier molecular flexibility index (Phi) is 6.32. The minimum absolute atomic E-state index is 0. The lowest BCUT2D eigenvalue weighted by molar-refractivity contribution is 0.203. The predicted molar refractivity (Wildman–Crippen MR) is 79.8 cm³/mol. The molecule has 1 saturated heterocycles.